The lowest BCUT2D eigenvalue weighted by Crippen LogP contribution is -2.35. The van der Waals surface area contributed by atoms with Gasteiger partial charge in [0.15, 0.2) is 0 Å². The van der Waals surface area contributed by atoms with Crippen LogP contribution in [0.5, 0.6) is 0 Å². The molecule has 2 unspecified atom stereocenters. The van der Waals surface area contributed by atoms with Crippen molar-refractivity contribution in [3.05, 3.63) is 35.4 Å². The number of hydrogen-bond acceptors (Lipinski definition) is 2. The van der Waals surface area contributed by atoms with E-state index in [9.17, 15) is 5.11 Å². The predicted octanol–water partition coefficient (Wildman–Crippen LogP) is 2.64. The number of hydrogen-bond donors (Lipinski definition) is 2. The summed E-state index contributed by atoms with van der Waals surface area (Å²) in [7, 11) is 0. The fourth-order valence-electron chi connectivity index (χ4n) is 2.50. The molecule has 2 N–H and O–H groups in total. The van der Waals surface area contributed by atoms with Gasteiger partial charge >= 0.3 is 0 Å². The standard InChI is InChI=1S/C15H23NO/c1-2-12-6-8-13(9-7-12)11-16-14-4-3-5-15(17)10-14/h6-9,14-17H,2-5,10-11H2,1H3. The van der Waals surface area contributed by atoms with Crippen molar-refractivity contribution in [2.24, 2.45) is 0 Å². The number of aryl methyl sites for hydroxylation is 1. The molecular formula is C15H23NO. The first-order chi connectivity index (χ1) is 8.28. The van der Waals surface area contributed by atoms with E-state index in [0.29, 0.717) is 6.04 Å². The van der Waals surface area contributed by atoms with Gasteiger partial charge in [0.2, 0.25) is 0 Å². The number of aliphatic hydroxyl groups is 1. The largest absolute Gasteiger partial charge is 0.393 e. The van der Waals surface area contributed by atoms with Gasteiger partial charge in [-0.15, -0.1) is 0 Å². The fraction of sp³-hybridized carbons (Fsp3) is 0.600. The van der Waals surface area contributed by atoms with Crippen LogP contribution in [0.15, 0.2) is 24.3 Å². The van der Waals surface area contributed by atoms with E-state index in [1.165, 1.54) is 17.5 Å². The lowest BCUT2D eigenvalue weighted by molar-refractivity contribution is 0.111. The van der Waals surface area contributed by atoms with Crippen LogP contribution in [-0.4, -0.2) is 17.3 Å². The monoisotopic (exact) mass is 233 g/mol. The molecule has 0 aromatic heterocycles. The molecule has 0 heterocycles. The second-order valence-corrected chi connectivity index (χ2v) is 5.07. The first kappa shape index (κ1) is 12.6. The summed E-state index contributed by atoms with van der Waals surface area (Å²) >= 11 is 0. The molecule has 2 heteroatoms. The summed E-state index contributed by atoms with van der Waals surface area (Å²) < 4.78 is 0. The van der Waals surface area contributed by atoms with Crippen molar-refractivity contribution < 1.29 is 5.11 Å². The van der Waals surface area contributed by atoms with Gasteiger partial charge in [0.05, 0.1) is 6.10 Å². The maximum atomic E-state index is 9.61. The molecule has 2 atom stereocenters. The minimum absolute atomic E-state index is 0.0938. The molecule has 1 aromatic rings. The molecule has 0 bridgehead atoms. The molecule has 17 heavy (non-hydrogen) atoms. The van der Waals surface area contributed by atoms with Crippen LogP contribution in [0.3, 0.4) is 0 Å². The Hall–Kier alpha value is -0.860. The molecule has 0 saturated heterocycles. The van der Waals surface area contributed by atoms with Crippen LogP contribution in [0.4, 0.5) is 0 Å². The van der Waals surface area contributed by atoms with E-state index < -0.39 is 0 Å². The summed E-state index contributed by atoms with van der Waals surface area (Å²) in [5.74, 6) is 0. The summed E-state index contributed by atoms with van der Waals surface area (Å²) in [6, 6.07) is 9.29. The predicted molar refractivity (Wildman–Crippen MR) is 70.9 cm³/mol. The van der Waals surface area contributed by atoms with Crippen LogP contribution in [0.1, 0.15) is 43.7 Å². The minimum Gasteiger partial charge on any atom is -0.393 e. The zero-order chi connectivity index (χ0) is 12.1. The van der Waals surface area contributed by atoms with Gasteiger partial charge in [-0.05, 0) is 43.2 Å². The minimum atomic E-state index is -0.0938. The molecular weight excluding hydrogens is 210 g/mol. The average Bonchev–Trinajstić information content (AvgIpc) is 2.37. The summed E-state index contributed by atoms with van der Waals surface area (Å²) in [5, 5.41) is 13.2. The van der Waals surface area contributed by atoms with Gasteiger partial charge in [-0.3, -0.25) is 0 Å². The van der Waals surface area contributed by atoms with Crippen molar-refractivity contribution in [3.63, 3.8) is 0 Å². The third kappa shape index (κ3) is 3.83. The van der Waals surface area contributed by atoms with E-state index in [0.717, 1.165) is 32.2 Å². The lowest BCUT2D eigenvalue weighted by Gasteiger charge is -2.26. The Morgan fingerprint density at radius 2 is 1.88 bits per heavy atom. The molecule has 0 amide bonds. The molecule has 2 nitrogen and oxygen atoms in total. The molecule has 1 aromatic carbocycles. The molecule has 0 radical (unpaired) electrons. The SMILES string of the molecule is CCc1ccc(CNC2CCCC(O)C2)cc1. The van der Waals surface area contributed by atoms with Gasteiger partial charge in [0, 0.05) is 12.6 Å². The normalized spacial score (nSPS) is 24.8. The Kier molecular flexibility index (Phi) is 4.57. The van der Waals surface area contributed by atoms with Gasteiger partial charge < -0.3 is 10.4 Å². The third-order valence-electron chi connectivity index (χ3n) is 3.67. The molecule has 2 rings (SSSR count). The van der Waals surface area contributed by atoms with E-state index >= 15 is 0 Å². The van der Waals surface area contributed by atoms with Crippen LogP contribution in [0.25, 0.3) is 0 Å². The summed E-state index contributed by atoms with van der Waals surface area (Å²) in [6.45, 7) is 3.10. The van der Waals surface area contributed by atoms with E-state index in [1.54, 1.807) is 0 Å². The second-order valence-electron chi connectivity index (χ2n) is 5.07. The van der Waals surface area contributed by atoms with Crippen molar-refractivity contribution in [1.29, 1.82) is 0 Å². The first-order valence-corrected chi connectivity index (χ1v) is 6.77. The van der Waals surface area contributed by atoms with Gasteiger partial charge in [0.1, 0.15) is 0 Å². The highest BCUT2D eigenvalue weighted by Gasteiger charge is 2.19. The number of nitrogens with one attached hydrogen (secondary N) is 1. The quantitative estimate of drug-likeness (QED) is 0.838. The summed E-state index contributed by atoms with van der Waals surface area (Å²) in [5.41, 5.74) is 2.73. The molecule has 0 aliphatic heterocycles. The fourth-order valence-corrected chi connectivity index (χ4v) is 2.50. The van der Waals surface area contributed by atoms with Crippen molar-refractivity contribution in [2.45, 2.75) is 57.7 Å². The van der Waals surface area contributed by atoms with Crippen molar-refractivity contribution in [1.82, 2.24) is 5.32 Å². The van der Waals surface area contributed by atoms with Crippen LogP contribution >= 0.6 is 0 Å². The van der Waals surface area contributed by atoms with Gasteiger partial charge in [-0.25, -0.2) is 0 Å². The Bertz CT molecular complexity index is 333. The van der Waals surface area contributed by atoms with Gasteiger partial charge in [-0.1, -0.05) is 31.2 Å². The molecule has 1 fully saturated rings. The van der Waals surface area contributed by atoms with Crippen LogP contribution in [0.2, 0.25) is 0 Å². The topological polar surface area (TPSA) is 32.3 Å². The Morgan fingerprint density at radius 1 is 1.18 bits per heavy atom. The number of benzene rings is 1. The maximum absolute atomic E-state index is 9.61. The van der Waals surface area contributed by atoms with E-state index in [-0.39, 0.29) is 6.10 Å². The Balaban J connectivity index is 1.80. The lowest BCUT2D eigenvalue weighted by atomic mass is 9.93. The summed E-state index contributed by atoms with van der Waals surface area (Å²) in [6.07, 6.45) is 5.24. The number of rotatable bonds is 4. The third-order valence-corrected chi connectivity index (χ3v) is 3.67. The van der Waals surface area contributed by atoms with Crippen molar-refractivity contribution in [3.8, 4) is 0 Å². The first-order valence-electron chi connectivity index (χ1n) is 6.77. The molecule has 1 saturated carbocycles. The van der Waals surface area contributed by atoms with Crippen molar-refractivity contribution in [2.75, 3.05) is 0 Å². The Morgan fingerprint density at radius 3 is 2.53 bits per heavy atom. The highest BCUT2D eigenvalue weighted by atomic mass is 16.3. The zero-order valence-corrected chi connectivity index (χ0v) is 10.7. The molecule has 94 valence electrons. The maximum Gasteiger partial charge on any atom is 0.0555 e. The Labute approximate surface area is 104 Å². The molecule has 0 spiro atoms. The van der Waals surface area contributed by atoms with Crippen molar-refractivity contribution >= 4 is 0 Å². The smallest absolute Gasteiger partial charge is 0.0555 e. The van der Waals surface area contributed by atoms with E-state index in [1.807, 2.05) is 0 Å². The highest BCUT2D eigenvalue weighted by Crippen LogP contribution is 2.18. The van der Waals surface area contributed by atoms with E-state index in [4.69, 9.17) is 0 Å². The van der Waals surface area contributed by atoms with Crippen LogP contribution < -0.4 is 5.32 Å². The van der Waals surface area contributed by atoms with Crippen LogP contribution in [0, 0.1) is 0 Å². The number of aliphatic hydroxyl groups excluding tert-OH is 1. The average molecular weight is 233 g/mol. The van der Waals surface area contributed by atoms with Gasteiger partial charge in [0.25, 0.3) is 0 Å². The van der Waals surface area contributed by atoms with Gasteiger partial charge in [-0.2, -0.15) is 0 Å². The van der Waals surface area contributed by atoms with Crippen LogP contribution in [-0.2, 0) is 13.0 Å². The second kappa shape index (κ2) is 6.18. The molecule has 1 aliphatic carbocycles. The van der Waals surface area contributed by atoms with E-state index in [2.05, 4.69) is 36.5 Å². The summed E-state index contributed by atoms with van der Waals surface area (Å²) in [4.78, 5) is 0. The highest BCUT2D eigenvalue weighted by molar-refractivity contribution is 5.22. The zero-order valence-electron chi connectivity index (χ0n) is 10.7. The molecule has 1 aliphatic rings.